The SMILES string of the molecule is C[C@H](NC(=O)CN1C(=O)N(C)C2(CCCCC2)C1=O)c1cccc(Cl)c1. The summed E-state index contributed by atoms with van der Waals surface area (Å²) in [5.41, 5.74) is 0.111. The van der Waals surface area contributed by atoms with E-state index in [9.17, 15) is 14.4 Å². The van der Waals surface area contributed by atoms with Crippen LogP contribution in [-0.4, -0.2) is 46.8 Å². The molecule has 7 heteroatoms. The predicted octanol–water partition coefficient (Wildman–Crippen LogP) is 3.11. The maximum atomic E-state index is 12.9. The van der Waals surface area contributed by atoms with Crippen molar-refractivity contribution in [2.75, 3.05) is 13.6 Å². The Morgan fingerprint density at radius 2 is 1.96 bits per heavy atom. The van der Waals surface area contributed by atoms with Crippen molar-refractivity contribution in [1.29, 1.82) is 0 Å². The summed E-state index contributed by atoms with van der Waals surface area (Å²) >= 11 is 5.98. The fourth-order valence-electron chi connectivity index (χ4n) is 3.96. The van der Waals surface area contributed by atoms with Crippen LogP contribution in [-0.2, 0) is 9.59 Å². The molecule has 26 heavy (non-hydrogen) atoms. The lowest BCUT2D eigenvalue weighted by Crippen LogP contribution is -2.49. The minimum absolute atomic E-state index is 0.241. The van der Waals surface area contributed by atoms with Crippen LogP contribution >= 0.6 is 11.6 Å². The first kappa shape index (κ1) is 18.7. The number of nitrogens with zero attached hydrogens (tertiary/aromatic N) is 2. The molecular formula is C19H24ClN3O3. The van der Waals surface area contributed by atoms with Crippen molar-refractivity contribution < 1.29 is 14.4 Å². The maximum absolute atomic E-state index is 12.9. The van der Waals surface area contributed by atoms with E-state index < -0.39 is 5.54 Å². The molecule has 0 bridgehead atoms. The van der Waals surface area contributed by atoms with Gasteiger partial charge in [-0.25, -0.2) is 4.79 Å². The van der Waals surface area contributed by atoms with Crippen LogP contribution < -0.4 is 5.32 Å². The van der Waals surface area contributed by atoms with Crippen molar-refractivity contribution in [3.05, 3.63) is 34.9 Å². The first-order valence-corrected chi connectivity index (χ1v) is 9.37. The lowest BCUT2D eigenvalue weighted by Gasteiger charge is -2.35. The minimum Gasteiger partial charge on any atom is -0.348 e. The summed E-state index contributed by atoms with van der Waals surface area (Å²) in [4.78, 5) is 40.5. The third-order valence-electron chi connectivity index (χ3n) is 5.51. The van der Waals surface area contributed by atoms with Crippen molar-refractivity contribution in [2.45, 2.75) is 50.6 Å². The van der Waals surface area contributed by atoms with Crippen molar-refractivity contribution in [2.24, 2.45) is 0 Å². The monoisotopic (exact) mass is 377 g/mol. The van der Waals surface area contributed by atoms with Gasteiger partial charge in [0.05, 0.1) is 6.04 Å². The van der Waals surface area contributed by atoms with Crippen molar-refractivity contribution in [3.8, 4) is 0 Å². The highest BCUT2D eigenvalue weighted by atomic mass is 35.5. The number of rotatable bonds is 4. The van der Waals surface area contributed by atoms with Crippen molar-refractivity contribution in [3.63, 3.8) is 0 Å². The van der Waals surface area contributed by atoms with Gasteiger partial charge in [-0.3, -0.25) is 14.5 Å². The zero-order valence-electron chi connectivity index (χ0n) is 15.1. The molecule has 1 atom stereocenters. The summed E-state index contributed by atoms with van der Waals surface area (Å²) in [5.74, 6) is -0.601. The normalized spacial score (nSPS) is 20.6. The van der Waals surface area contributed by atoms with Gasteiger partial charge in [0.1, 0.15) is 12.1 Å². The fourth-order valence-corrected chi connectivity index (χ4v) is 4.16. The zero-order chi connectivity index (χ0) is 18.9. The van der Waals surface area contributed by atoms with Crippen LogP contribution in [0.25, 0.3) is 0 Å². The van der Waals surface area contributed by atoms with Crippen LogP contribution in [0.1, 0.15) is 50.6 Å². The number of halogens is 1. The second-order valence-electron chi connectivity index (χ2n) is 7.17. The molecule has 1 N–H and O–H groups in total. The Kier molecular flexibility index (Phi) is 5.23. The van der Waals surface area contributed by atoms with Gasteiger partial charge in [0, 0.05) is 12.1 Å². The second-order valence-corrected chi connectivity index (χ2v) is 7.61. The fraction of sp³-hybridized carbons (Fsp3) is 0.526. The Morgan fingerprint density at radius 3 is 2.62 bits per heavy atom. The molecule has 0 radical (unpaired) electrons. The second kappa shape index (κ2) is 7.27. The molecule has 140 valence electrons. The van der Waals surface area contributed by atoms with E-state index in [1.807, 2.05) is 19.1 Å². The van der Waals surface area contributed by atoms with Gasteiger partial charge in [0.2, 0.25) is 5.91 Å². The maximum Gasteiger partial charge on any atom is 0.327 e. The molecule has 2 aliphatic rings. The number of benzene rings is 1. The lowest BCUT2D eigenvalue weighted by molar-refractivity contribution is -0.137. The van der Waals surface area contributed by atoms with Crippen molar-refractivity contribution in [1.82, 2.24) is 15.1 Å². The van der Waals surface area contributed by atoms with Crippen molar-refractivity contribution >= 4 is 29.4 Å². The minimum atomic E-state index is -0.756. The van der Waals surface area contributed by atoms with Gasteiger partial charge >= 0.3 is 6.03 Å². The highest BCUT2D eigenvalue weighted by Crippen LogP contribution is 2.39. The van der Waals surface area contributed by atoms with Crippen LogP contribution in [0, 0.1) is 0 Å². The molecule has 1 aliphatic carbocycles. The summed E-state index contributed by atoms with van der Waals surface area (Å²) in [5, 5.41) is 3.43. The Hall–Kier alpha value is -2.08. The number of imide groups is 1. The average molecular weight is 378 g/mol. The molecule has 4 amide bonds. The molecule has 1 saturated heterocycles. The van der Waals surface area contributed by atoms with Crippen LogP contribution in [0.5, 0.6) is 0 Å². The third kappa shape index (κ3) is 3.30. The number of amides is 4. The molecule has 1 aromatic carbocycles. The first-order valence-electron chi connectivity index (χ1n) is 9.00. The van der Waals surface area contributed by atoms with E-state index in [1.165, 1.54) is 4.90 Å². The topological polar surface area (TPSA) is 69.7 Å². The summed E-state index contributed by atoms with van der Waals surface area (Å²) in [6.07, 6.45) is 4.27. The van der Waals surface area contributed by atoms with Crippen LogP contribution in [0.3, 0.4) is 0 Å². The van der Waals surface area contributed by atoms with E-state index in [-0.39, 0.29) is 30.4 Å². The molecule has 2 fully saturated rings. The number of hydrogen-bond donors (Lipinski definition) is 1. The highest BCUT2D eigenvalue weighted by Gasteiger charge is 2.55. The standard InChI is InChI=1S/C19H24ClN3O3/c1-13(14-7-6-8-15(20)11-14)21-16(24)12-23-17(25)19(22(2)18(23)26)9-4-3-5-10-19/h6-8,11,13H,3-5,9-10,12H2,1-2H3,(H,21,24)/t13-/m0/s1. The number of urea groups is 1. The quantitative estimate of drug-likeness (QED) is 0.819. The van der Waals surface area contributed by atoms with E-state index in [0.717, 1.165) is 29.7 Å². The summed E-state index contributed by atoms with van der Waals surface area (Å²) in [7, 11) is 1.66. The Bertz CT molecular complexity index is 730. The summed E-state index contributed by atoms with van der Waals surface area (Å²) in [6.45, 7) is 1.58. The first-order chi connectivity index (χ1) is 12.3. The van der Waals surface area contributed by atoms with Gasteiger partial charge in [0.25, 0.3) is 5.91 Å². The van der Waals surface area contributed by atoms with Gasteiger partial charge < -0.3 is 10.2 Å². The zero-order valence-corrected chi connectivity index (χ0v) is 15.9. The van der Waals surface area contributed by atoms with E-state index >= 15 is 0 Å². The van der Waals surface area contributed by atoms with Crippen LogP contribution in [0.2, 0.25) is 5.02 Å². The Morgan fingerprint density at radius 1 is 1.27 bits per heavy atom. The lowest BCUT2D eigenvalue weighted by atomic mass is 9.81. The van der Waals surface area contributed by atoms with Gasteiger partial charge in [-0.15, -0.1) is 0 Å². The molecule has 1 spiro atoms. The average Bonchev–Trinajstić information content (AvgIpc) is 2.79. The molecule has 1 heterocycles. The van der Waals surface area contributed by atoms with E-state index in [4.69, 9.17) is 11.6 Å². The molecule has 6 nitrogen and oxygen atoms in total. The van der Waals surface area contributed by atoms with Crippen LogP contribution in [0.15, 0.2) is 24.3 Å². The molecule has 0 unspecified atom stereocenters. The van der Waals surface area contributed by atoms with Gasteiger partial charge in [-0.1, -0.05) is 43.0 Å². The van der Waals surface area contributed by atoms with Gasteiger partial charge in [-0.2, -0.15) is 0 Å². The number of likely N-dealkylation sites (N-methyl/N-ethyl adjacent to an activating group) is 1. The molecule has 1 saturated carbocycles. The van der Waals surface area contributed by atoms with Crippen LogP contribution in [0.4, 0.5) is 4.79 Å². The number of nitrogens with one attached hydrogen (secondary N) is 1. The molecule has 1 aliphatic heterocycles. The van der Waals surface area contributed by atoms with Gasteiger partial charge in [-0.05, 0) is 37.5 Å². The summed E-state index contributed by atoms with van der Waals surface area (Å²) < 4.78 is 0. The highest BCUT2D eigenvalue weighted by molar-refractivity contribution is 6.30. The third-order valence-corrected chi connectivity index (χ3v) is 5.75. The largest absolute Gasteiger partial charge is 0.348 e. The van der Waals surface area contributed by atoms with Gasteiger partial charge in [0.15, 0.2) is 0 Å². The van der Waals surface area contributed by atoms with E-state index in [0.29, 0.717) is 17.9 Å². The Balaban J connectivity index is 1.67. The molecule has 0 aromatic heterocycles. The number of carbonyl (C=O) groups excluding carboxylic acids is 3. The predicted molar refractivity (Wildman–Crippen MR) is 98.7 cm³/mol. The number of hydrogen-bond acceptors (Lipinski definition) is 3. The smallest absolute Gasteiger partial charge is 0.327 e. The Labute approximate surface area is 158 Å². The number of carbonyl (C=O) groups is 3. The summed E-state index contributed by atoms with van der Waals surface area (Å²) in [6, 6.07) is 6.57. The van der Waals surface area contributed by atoms with E-state index in [1.54, 1.807) is 19.2 Å². The molecule has 3 rings (SSSR count). The molecule has 1 aromatic rings. The van der Waals surface area contributed by atoms with E-state index in [2.05, 4.69) is 5.32 Å². The molecular weight excluding hydrogens is 354 g/mol.